The number of rotatable bonds is 2. The summed E-state index contributed by atoms with van der Waals surface area (Å²) in [7, 11) is 0. The van der Waals surface area contributed by atoms with Gasteiger partial charge in [0, 0.05) is 12.1 Å². The van der Waals surface area contributed by atoms with Gasteiger partial charge in [-0.2, -0.15) is 8.78 Å². The minimum Gasteiger partial charge on any atom is -0.433 e. The molecule has 0 atom stereocenters. The van der Waals surface area contributed by atoms with Crippen LogP contribution >= 0.6 is 0 Å². The molecule has 0 aliphatic rings. The molecule has 78 valence electrons. The van der Waals surface area contributed by atoms with Crippen LogP contribution in [0.4, 0.5) is 8.78 Å². The quantitative estimate of drug-likeness (QED) is 0.821. The van der Waals surface area contributed by atoms with Crippen LogP contribution in [0.3, 0.4) is 0 Å². The lowest BCUT2D eigenvalue weighted by molar-refractivity contribution is -0.0499. The van der Waals surface area contributed by atoms with Crippen molar-refractivity contribution in [3.8, 4) is 5.75 Å². The minimum atomic E-state index is -2.90. The van der Waals surface area contributed by atoms with Crippen LogP contribution in [-0.4, -0.2) is 16.6 Å². The smallest absolute Gasteiger partial charge is 0.387 e. The van der Waals surface area contributed by atoms with Crippen molar-refractivity contribution in [1.29, 1.82) is 0 Å². The van der Waals surface area contributed by atoms with Crippen LogP contribution in [0, 0.1) is 0 Å². The van der Waals surface area contributed by atoms with Crippen LogP contribution in [0.5, 0.6) is 5.75 Å². The van der Waals surface area contributed by atoms with Crippen LogP contribution in [0.15, 0.2) is 29.2 Å². The van der Waals surface area contributed by atoms with Gasteiger partial charge in [0.2, 0.25) is 5.56 Å². The van der Waals surface area contributed by atoms with E-state index in [1.807, 2.05) is 0 Å². The van der Waals surface area contributed by atoms with Crippen LogP contribution in [0.1, 0.15) is 0 Å². The number of aromatic amines is 1. The second-order valence-electron chi connectivity index (χ2n) is 2.80. The third kappa shape index (κ3) is 2.09. The number of pyridine rings is 2. The van der Waals surface area contributed by atoms with Gasteiger partial charge in [-0.15, -0.1) is 0 Å². The van der Waals surface area contributed by atoms with Gasteiger partial charge in [0.05, 0.1) is 17.2 Å². The molecule has 4 nitrogen and oxygen atoms in total. The monoisotopic (exact) mass is 212 g/mol. The third-order valence-corrected chi connectivity index (χ3v) is 1.77. The van der Waals surface area contributed by atoms with E-state index in [0.717, 1.165) is 0 Å². The van der Waals surface area contributed by atoms with E-state index in [2.05, 4.69) is 14.7 Å². The second kappa shape index (κ2) is 3.64. The number of H-pyrrole nitrogens is 1. The SMILES string of the molecule is O=c1ccc2ncc(OC(F)F)cc2[nH]1. The Morgan fingerprint density at radius 2 is 2.20 bits per heavy atom. The predicted octanol–water partition coefficient (Wildman–Crippen LogP) is 1.52. The van der Waals surface area contributed by atoms with Crippen molar-refractivity contribution >= 4 is 11.0 Å². The Kier molecular flexibility index (Phi) is 2.32. The van der Waals surface area contributed by atoms with Gasteiger partial charge in [0.1, 0.15) is 5.75 Å². The Hall–Kier alpha value is -1.98. The molecule has 0 aliphatic heterocycles. The van der Waals surface area contributed by atoms with Gasteiger partial charge in [-0.1, -0.05) is 0 Å². The fourth-order valence-electron chi connectivity index (χ4n) is 1.19. The highest BCUT2D eigenvalue weighted by molar-refractivity contribution is 5.74. The first-order valence-electron chi connectivity index (χ1n) is 4.09. The summed E-state index contributed by atoms with van der Waals surface area (Å²) in [5, 5.41) is 0. The molecule has 1 N–H and O–H groups in total. The highest BCUT2D eigenvalue weighted by atomic mass is 19.3. The summed E-state index contributed by atoms with van der Waals surface area (Å²) in [4.78, 5) is 17.3. The summed E-state index contributed by atoms with van der Waals surface area (Å²) >= 11 is 0. The van der Waals surface area contributed by atoms with Crippen molar-refractivity contribution in [2.75, 3.05) is 0 Å². The molecule has 0 bridgehead atoms. The van der Waals surface area contributed by atoms with Gasteiger partial charge in [-0.3, -0.25) is 9.78 Å². The van der Waals surface area contributed by atoms with Crippen LogP contribution in [0.25, 0.3) is 11.0 Å². The van der Waals surface area contributed by atoms with Gasteiger partial charge < -0.3 is 9.72 Å². The van der Waals surface area contributed by atoms with Crippen molar-refractivity contribution in [1.82, 2.24) is 9.97 Å². The number of aromatic nitrogens is 2. The number of alkyl halides is 2. The number of ether oxygens (including phenoxy) is 1. The highest BCUT2D eigenvalue weighted by Crippen LogP contribution is 2.16. The van der Waals surface area contributed by atoms with E-state index in [4.69, 9.17) is 0 Å². The van der Waals surface area contributed by atoms with Crippen LogP contribution in [0.2, 0.25) is 0 Å². The molecule has 2 aromatic heterocycles. The predicted molar refractivity (Wildman–Crippen MR) is 49.0 cm³/mol. The molecule has 0 amide bonds. The first-order valence-corrected chi connectivity index (χ1v) is 4.09. The molecule has 0 fully saturated rings. The van der Waals surface area contributed by atoms with Gasteiger partial charge in [-0.05, 0) is 6.07 Å². The number of halogens is 2. The van der Waals surface area contributed by atoms with Gasteiger partial charge in [0.15, 0.2) is 0 Å². The van der Waals surface area contributed by atoms with E-state index in [1.165, 1.54) is 24.4 Å². The lowest BCUT2D eigenvalue weighted by atomic mass is 10.3. The minimum absolute atomic E-state index is 0.0839. The molecule has 6 heteroatoms. The lowest BCUT2D eigenvalue weighted by Gasteiger charge is -2.04. The van der Waals surface area contributed by atoms with Crippen molar-refractivity contribution in [2.45, 2.75) is 6.61 Å². The molecule has 0 aliphatic carbocycles. The van der Waals surface area contributed by atoms with Crippen molar-refractivity contribution in [2.24, 2.45) is 0 Å². The summed E-state index contributed by atoms with van der Waals surface area (Å²) in [5.41, 5.74) is 0.551. The molecule has 15 heavy (non-hydrogen) atoms. The van der Waals surface area contributed by atoms with Crippen LogP contribution in [-0.2, 0) is 0 Å². The molecule has 0 aromatic carbocycles. The summed E-state index contributed by atoms with van der Waals surface area (Å²) in [5.74, 6) is -0.0839. The van der Waals surface area contributed by atoms with Crippen molar-refractivity contribution in [3.05, 3.63) is 34.7 Å². The van der Waals surface area contributed by atoms with Crippen molar-refractivity contribution in [3.63, 3.8) is 0 Å². The Balaban J connectivity index is 2.49. The number of hydrogen-bond acceptors (Lipinski definition) is 3. The molecule has 0 radical (unpaired) electrons. The maximum absolute atomic E-state index is 11.9. The van der Waals surface area contributed by atoms with E-state index in [1.54, 1.807) is 0 Å². The summed E-state index contributed by atoms with van der Waals surface area (Å²) < 4.78 is 27.9. The summed E-state index contributed by atoms with van der Waals surface area (Å²) in [6.07, 6.45) is 1.17. The largest absolute Gasteiger partial charge is 0.433 e. The Labute approximate surface area is 82.5 Å². The van der Waals surface area contributed by atoms with Gasteiger partial charge in [0.25, 0.3) is 0 Å². The van der Waals surface area contributed by atoms with Gasteiger partial charge >= 0.3 is 6.61 Å². The molecule has 0 spiro atoms. The number of fused-ring (bicyclic) bond motifs is 1. The second-order valence-corrected chi connectivity index (χ2v) is 2.80. The van der Waals surface area contributed by atoms with Gasteiger partial charge in [-0.25, -0.2) is 0 Å². The third-order valence-electron chi connectivity index (χ3n) is 1.77. The zero-order valence-electron chi connectivity index (χ0n) is 7.41. The molecular formula is C9H6F2N2O2. The number of nitrogens with one attached hydrogen (secondary N) is 1. The van der Waals surface area contributed by atoms with E-state index in [-0.39, 0.29) is 11.3 Å². The maximum atomic E-state index is 11.9. The van der Waals surface area contributed by atoms with E-state index in [0.29, 0.717) is 11.0 Å². The zero-order chi connectivity index (χ0) is 10.8. The first-order chi connectivity index (χ1) is 7.15. The number of hydrogen-bond donors (Lipinski definition) is 1. The van der Waals surface area contributed by atoms with E-state index < -0.39 is 6.61 Å². The Morgan fingerprint density at radius 1 is 1.40 bits per heavy atom. The molecule has 2 aromatic rings. The standard InChI is InChI=1S/C9H6F2N2O2/c10-9(11)15-5-3-7-6(12-4-5)1-2-8(14)13-7/h1-4,9H,(H,13,14). The normalized spacial score (nSPS) is 10.9. The van der Waals surface area contributed by atoms with Crippen LogP contribution < -0.4 is 10.3 Å². The van der Waals surface area contributed by atoms with Crippen molar-refractivity contribution < 1.29 is 13.5 Å². The fraction of sp³-hybridized carbons (Fsp3) is 0.111. The Bertz CT molecular complexity index is 539. The maximum Gasteiger partial charge on any atom is 0.387 e. The zero-order valence-corrected chi connectivity index (χ0v) is 7.41. The first kappa shape index (κ1) is 9.57. The topological polar surface area (TPSA) is 55.0 Å². The average molecular weight is 212 g/mol. The Morgan fingerprint density at radius 3 is 2.93 bits per heavy atom. The van der Waals surface area contributed by atoms with E-state index in [9.17, 15) is 13.6 Å². The number of nitrogens with zero attached hydrogens (tertiary/aromatic N) is 1. The molecule has 0 saturated heterocycles. The molecule has 2 rings (SSSR count). The molecule has 0 unspecified atom stereocenters. The lowest BCUT2D eigenvalue weighted by Crippen LogP contribution is -2.05. The molecule has 2 heterocycles. The highest BCUT2D eigenvalue weighted by Gasteiger charge is 2.05. The van der Waals surface area contributed by atoms with E-state index >= 15 is 0 Å². The molecular weight excluding hydrogens is 206 g/mol. The molecule has 0 saturated carbocycles. The fourth-order valence-corrected chi connectivity index (χ4v) is 1.19. The summed E-state index contributed by atoms with van der Waals surface area (Å²) in [6.45, 7) is -2.90. The summed E-state index contributed by atoms with van der Waals surface area (Å²) in [6, 6.07) is 4.11. The average Bonchev–Trinajstić information content (AvgIpc) is 2.16.